The zero-order valence-electron chi connectivity index (χ0n) is 16.1. The molecule has 6 nitrogen and oxygen atoms in total. The third kappa shape index (κ3) is 4.66. The molecule has 2 heterocycles. The monoisotopic (exact) mass is 410 g/mol. The van der Waals surface area contributed by atoms with Crippen LogP contribution in [0.5, 0.6) is 0 Å². The quantitative estimate of drug-likeness (QED) is 0.649. The van der Waals surface area contributed by atoms with Crippen LogP contribution in [-0.2, 0) is 17.9 Å². The fourth-order valence-corrected chi connectivity index (χ4v) is 3.96. The molecule has 1 aliphatic rings. The molecule has 0 N–H and O–H groups in total. The van der Waals surface area contributed by atoms with Crippen molar-refractivity contribution in [2.24, 2.45) is 0 Å². The lowest BCUT2D eigenvalue weighted by Gasteiger charge is -2.35. The molecule has 3 aromatic rings. The van der Waals surface area contributed by atoms with E-state index in [9.17, 15) is 9.59 Å². The Morgan fingerprint density at radius 1 is 1.03 bits per heavy atom. The molecule has 0 atom stereocenters. The molecule has 1 amide bonds. The summed E-state index contributed by atoms with van der Waals surface area (Å²) in [5.41, 5.74) is 1.85. The van der Waals surface area contributed by atoms with Gasteiger partial charge in [0, 0.05) is 49.6 Å². The third-order valence-corrected chi connectivity index (χ3v) is 5.55. The number of benzene rings is 2. The average molecular weight is 411 g/mol. The molecule has 150 valence electrons. The van der Waals surface area contributed by atoms with Crippen molar-refractivity contribution in [1.82, 2.24) is 19.6 Å². The molecule has 7 heteroatoms. The number of halogens is 1. The predicted octanol–water partition coefficient (Wildman–Crippen LogP) is 2.78. The Hall–Kier alpha value is -2.70. The number of aromatic nitrogens is 2. The van der Waals surface area contributed by atoms with Gasteiger partial charge in [0.25, 0.3) is 0 Å². The summed E-state index contributed by atoms with van der Waals surface area (Å²) in [5, 5.41) is 5.58. The van der Waals surface area contributed by atoms with Gasteiger partial charge in [-0.15, -0.1) is 0 Å². The van der Waals surface area contributed by atoms with Crippen molar-refractivity contribution in [2.75, 3.05) is 26.2 Å². The summed E-state index contributed by atoms with van der Waals surface area (Å²) in [4.78, 5) is 28.9. The highest BCUT2D eigenvalue weighted by atomic mass is 35.5. The van der Waals surface area contributed by atoms with Crippen LogP contribution in [0.25, 0.3) is 10.9 Å². The van der Waals surface area contributed by atoms with E-state index in [-0.39, 0.29) is 11.3 Å². The molecule has 0 radical (unpaired) electrons. The van der Waals surface area contributed by atoms with Crippen molar-refractivity contribution < 1.29 is 4.79 Å². The summed E-state index contributed by atoms with van der Waals surface area (Å²) in [7, 11) is 0. The van der Waals surface area contributed by atoms with Crippen molar-refractivity contribution in [3.8, 4) is 0 Å². The SMILES string of the molecule is O=C(CCn1ncc(=O)c2ccccc21)N1CCN(Cc2cccc(Cl)c2)CC1. The summed E-state index contributed by atoms with van der Waals surface area (Å²) in [5.74, 6) is 0.122. The number of para-hydroxylation sites is 1. The molecule has 0 bridgehead atoms. The lowest BCUT2D eigenvalue weighted by molar-refractivity contribution is -0.133. The van der Waals surface area contributed by atoms with Gasteiger partial charge in [0.2, 0.25) is 11.3 Å². The first-order valence-electron chi connectivity index (χ1n) is 9.79. The zero-order valence-corrected chi connectivity index (χ0v) is 16.9. The minimum absolute atomic E-state index is 0.0981. The van der Waals surface area contributed by atoms with E-state index < -0.39 is 0 Å². The third-order valence-electron chi connectivity index (χ3n) is 5.32. The highest BCUT2D eigenvalue weighted by Gasteiger charge is 2.21. The maximum atomic E-state index is 12.7. The second-order valence-corrected chi connectivity index (χ2v) is 7.72. The van der Waals surface area contributed by atoms with Crippen LogP contribution in [0.1, 0.15) is 12.0 Å². The Labute approximate surface area is 174 Å². The van der Waals surface area contributed by atoms with Crippen molar-refractivity contribution in [1.29, 1.82) is 0 Å². The summed E-state index contributed by atoms with van der Waals surface area (Å²) >= 11 is 6.06. The summed E-state index contributed by atoms with van der Waals surface area (Å²) in [6.07, 6.45) is 1.69. The normalized spacial score (nSPS) is 15.0. The number of carbonyl (C=O) groups is 1. The van der Waals surface area contributed by atoms with E-state index in [2.05, 4.69) is 16.1 Å². The molecule has 1 aromatic heterocycles. The Morgan fingerprint density at radius 3 is 2.62 bits per heavy atom. The van der Waals surface area contributed by atoms with Crippen molar-refractivity contribution in [2.45, 2.75) is 19.5 Å². The molecule has 0 saturated carbocycles. The Kier molecular flexibility index (Phi) is 5.92. The lowest BCUT2D eigenvalue weighted by Crippen LogP contribution is -2.48. The lowest BCUT2D eigenvalue weighted by atomic mass is 10.2. The number of hydrogen-bond acceptors (Lipinski definition) is 4. The molecule has 0 unspecified atom stereocenters. The molecule has 1 fully saturated rings. The number of piperazine rings is 1. The largest absolute Gasteiger partial charge is 0.340 e. The van der Waals surface area contributed by atoms with Crippen molar-refractivity contribution in [3.05, 3.63) is 75.5 Å². The Balaban J connectivity index is 1.32. The van der Waals surface area contributed by atoms with Crippen LogP contribution < -0.4 is 5.43 Å². The predicted molar refractivity (Wildman–Crippen MR) is 114 cm³/mol. The van der Waals surface area contributed by atoms with E-state index in [0.717, 1.165) is 43.3 Å². The number of amides is 1. The molecule has 1 saturated heterocycles. The average Bonchev–Trinajstić information content (AvgIpc) is 2.74. The molecular formula is C22H23ClN4O2. The van der Waals surface area contributed by atoms with Gasteiger partial charge in [0.05, 0.1) is 18.3 Å². The van der Waals surface area contributed by atoms with Gasteiger partial charge < -0.3 is 4.90 Å². The van der Waals surface area contributed by atoms with Gasteiger partial charge in [-0.2, -0.15) is 5.10 Å². The highest BCUT2D eigenvalue weighted by Crippen LogP contribution is 2.15. The smallest absolute Gasteiger partial charge is 0.224 e. The molecule has 0 aliphatic carbocycles. The summed E-state index contributed by atoms with van der Waals surface area (Å²) < 4.78 is 1.74. The topological polar surface area (TPSA) is 58.4 Å². The van der Waals surface area contributed by atoms with Crippen LogP contribution in [0, 0.1) is 0 Å². The first-order valence-corrected chi connectivity index (χ1v) is 10.2. The van der Waals surface area contributed by atoms with E-state index in [1.54, 1.807) is 10.7 Å². The van der Waals surface area contributed by atoms with Gasteiger partial charge in [-0.05, 0) is 29.8 Å². The number of carbonyl (C=O) groups excluding carboxylic acids is 1. The number of nitrogens with zero attached hydrogens (tertiary/aromatic N) is 4. The minimum Gasteiger partial charge on any atom is -0.340 e. The maximum Gasteiger partial charge on any atom is 0.224 e. The van der Waals surface area contributed by atoms with E-state index in [4.69, 9.17) is 11.6 Å². The molecule has 0 spiro atoms. The number of fused-ring (bicyclic) bond motifs is 1. The van der Waals surface area contributed by atoms with Crippen LogP contribution in [0.15, 0.2) is 59.5 Å². The number of aryl methyl sites for hydroxylation is 1. The van der Waals surface area contributed by atoms with Gasteiger partial charge >= 0.3 is 0 Å². The van der Waals surface area contributed by atoms with Gasteiger partial charge in [-0.1, -0.05) is 35.9 Å². The van der Waals surface area contributed by atoms with Crippen LogP contribution in [0.4, 0.5) is 0 Å². The van der Waals surface area contributed by atoms with E-state index in [1.165, 1.54) is 11.8 Å². The van der Waals surface area contributed by atoms with E-state index >= 15 is 0 Å². The second kappa shape index (κ2) is 8.76. The molecule has 4 rings (SSSR count). The van der Waals surface area contributed by atoms with E-state index in [1.807, 2.05) is 41.3 Å². The molecular weight excluding hydrogens is 388 g/mol. The highest BCUT2D eigenvalue weighted by molar-refractivity contribution is 6.30. The van der Waals surface area contributed by atoms with Crippen LogP contribution in [0.2, 0.25) is 5.02 Å². The van der Waals surface area contributed by atoms with Crippen LogP contribution in [0.3, 0.4) is 0 Å². The fraction of sp³-hybridized carbons (Fsp3) is 0.318. The van der Waals surface area contributed by atoms with Gasteiger partial charge in [-0.25, -0.2) is 0 Å². The summed E-state index contributed by atoms with van der Waals surface area (Å²) in [6.45, 7) is 4.43. The van der Waals surface area contributed by atoms with Crippen LogP contribution in [-0.4, -0.2) is 51.7 Å². The van der Waals surface area contributed by atoms with Crippen LogP contribution >= 0.6 is 11.6 Å². The van der Waals surface area contributed by atoms with E-state index in [0.29, 0.717) is 18.4 Å². The molecule has 29 heavy (non-hydrogen) atoms. The van der Waals surface area contributed by atoms with Gasteiger partial charge in [0.1, 0.15) is 0 Å². The number of hydrogen-bond donors (Lipinski definition) is 0. The van der Waals surface area contributed by atoms with Crippen molar-refractivity contribution >= 4 is 28.4 Å². The Morgan fingerprint density at radius 2 is 1.83 bits per heavy atom. The van der Waals surface area contributed by atoms with Crippen molar-refractivity contribution in [3.63, 3.8) is 0 Å². The Bertz CT molecular complexity index is 1070. The number of rotatable bonds is 5. The standard InChI is InChI=1S/C22H23ClN4O2/c23-18-5-3-4-17(14-18)16-25-10-12-26(13-11-25)22(29)8-9-27-20-7-2-1-6-19(20)21(28)15-24-27/h1-7,14-15H,8-13,16H2. The molecule has 1 aliphatic heterocycles. The first-order chi connectivity index (χ1) is 14.1. The van der Waals surface area contributed by atoms with Gasteiger partial charge in [-0.3, -0.25) is 19.2 Å². The van der Waals surface area contributed by atoms with Gasteiger partial charge in [0.15, 0.2) is 0 Å². The summed E-state index contributed by atoms with van der Waals surface area (Å²) in [6, 6.07) is 15.3. The first kappa shape index (κ1) is 19.6. The maximum absolute atomic E-state index is 12.7. The molecule has 2 aromatic carbocycles. The minimum atomic E-state index is -0.0981. The fourth-order valence-electron chi connectivity index (χ4n) is 3.75. The zero-order chi connectivity index (χ0) is 20.2. The second-order valence-electron chi connectivity index (χ2n) is 7.29.